The van der Waals surface area contributed by atoms with Gasteiger partial charge in [-0.2, -0.15) is 5.10 Å². The molecule has 0 fully saturated rings. The summed E-state index contributed by atoms with van der Waals surface area (Å²) in [5.74, 6) is -0.0493. The summed E-state index contributed by atoms with van der Waals surface area (Å²) in [4.78, 5) is 16.4. The van der Waals surface area contributed by atoms with E-state index in [-0.39, 0.29) is 11.9 Å². The molecule has 0 spiro atoms. The number of rotatable bonds is 5. The van der Waals surface area contributed by atoms with Crippen molar-refractivity contribution < 1.29 is 4.79 Å². The van der Waals surface area contributed by atoms with Crippen molar-refractivity contribution in [3.05, 3.63) is 52.0 Å². The Balaban J connectivity index is 1.96. The zero-order valence-electron chi connectivity index (χ0n) is 16.5. The molecule has 5 nitrogen and oxygen atoms in total. The fourth-order valence-electron chi connectivity index (χ4n) is 3.81. The van der Waals surface area contributed by atoms with Crippen LogP contribution in [0.1, 0.15) is 64.9 Å². The lowest BCUT2D eigenvalue weighted by Crippen LogP contribution is -2.29. The maximum Gasteiger partial charge on any atom is 0.253 e. The van der Waals surface area contributed by atoms with Crippen LogP contribution in [0.3, 0.4) is 0 Å². The van der Waals surface area contributed by atoms with Crippen LogP contribution < -0.4 is 5.32 Å². The molecule has 2 aromatic heterocycles. The van der Waals surface area contributed by atoms with Crippen molar-refractivity contribution in [1.82, 2.24) is 20.1 Å². The summed E-state index contributed by atoms with van der Waals surface area (Å²) in [5.41, 5.74) is 7.14. The molecule has 1 amide bonds. The van der Waals surface area contributed by atoms with E-state index in [1.807, 2.05) is 30.7 Å². The van der Waals surface area contributed by atoms with Crippen molar-refractivity contribution >= 4 is 16.8 Å². The van der Waals surface area contributed by atoms with Crippen LogP contribution in [0.2, 0.25) is 0 Å². The third-order valence-corrected chi connectivity index (χ3v) is 5.39. The van der Waals surface area contributed by atoms with Gasteiger partial charge in [-0.1, -0.05) is 19.1 Å². The lowest BCUT2D eigenvalue weighted by atomic mass is 10.0. The summed E-state index contributed by atoms with van der Waals surface area (Å²) < 4.78 is 2.00. The SMILES string of the molecule is CCC(NC(=O)c1cccc2c(C)c(C)[nH]c12)c1c(C)nn(CC)c1C. The minimum absolute atomic E-state index is 0.0461. The largest absolute Gasteiger partial charge is 0.358 e. The summed E-state index contributed by atoms with van der Waals surface area (Å²) in [7, 11) is 0. The van der Waals surface area contributed by atoms with E-state index in [0.717, 1.165) is 46.5 Å². The van der Waals surface area contributed by atoms with E-state index < -0.39 is 0 Å². The number of carbonyl (C=O) groups is 1. The van der Waals surface area contributed by atoms with Crippen LogP contribution in [0.5, 0.6) is 0 Å². The number of H-pyrrole nitrogens is 1. The van der Waals surface area contributed by atoms with Gasteiger partial charge < -0.3 is 10.3 Å². The van der Waals surface area contributed by atoms with Crippen molar-refractivity contribution in [1.29, 1.82) is 0 Å². The minimum Gasteiger partial charge on any atom is -0.358 e. The molecule has 0 saturated heterocycles. The maximum absolute atomic E-state index is 13.1. The molecule has 0 aliphatic carbocycles. The molecule has 5 heteroatoms. The van der Waals surface area contributed by atoms with Crippen molar-refractivity contribution in [3.63, 3.8) is 0 Å². The van der Waals surface area contributed by atoms with Crippen LogP contribution in [-0.2, 0) is 6.54 Å². The average Bonchev–Trinajstić information content (AvgIpc) is 3.08. The number of aromatic nitrogens is 3. The number of aromatic amines is 1. The quantitative estimate of drug-likeness (QED) is 0.710. The first kappa shape index (κ1) is 18.2. The first-order valence-electron chi connectivity index (χ1n) is 9.31. The van der Waals surface area contributed by atoms with Gasteiger partial charge >= 0.3 is 0 Å². The Bertz CT molecular complexity index is 964. The fourth-order valence-corrected chi connectivity index (χ4v) is 3.81. The van der Waals surface area contributed by atoms with Gasteiger partial charge in [-0.05, 0) is 52.7 Å². The fraction of sp³-hybridized carbons (Fsp3) is 0.429. The molecule has 2 heterocycles. The number of amides is 1. The number of para-hydroxylation sites is 1. The van der Waals surface area contributed by atoms with Gasteiger partial charge in [0.1, 0.15) is 0 Å². The van der Waals surface area contributed by atoms with Crippen LogP contribution >= 0.6 is 0 Å². The molecule has 0 saturated carbocycles. The molecule has 1 atom stereocenters. The number of hydrogen-bond donors (Lipinski definition) is 2. The van der Waals surface area contributed by atoms with Gasteiger partial charge in [0.15, 0.2) is 0 Å². The van der Waals surface area contributed by atoms with E-state index in [2.05, 4.69) is 49.2 Å². The number of benzene rings is 1. The summed E-state index contributed by atoms with van der Waals surface area (Å²) in [5, 5.41) is 8.93. The Morgan fingerprint density at radius 1 is 1.23 bits per heavy atom. The zero-order valence-corrected chi connectivity index (χ0v) is 16.5. The average molecular weight is 352 g/mol. The third kappa shape index (κ3) is 2.91. The van der Waals surface area contributed by atoms with E-state index in [9.17, 15) is 4.79 Å². The highest BCUT2D eigenvalue weighted by Crippen LogP contribution is 2.27. The standard InChI is InChI=1S/C21H28N4O/c1-7-18(19-14(5)24-25(8-2)15(19)6)23-21(26)17-11-9-10-16-12(3)13(4)22-20(16)17/h9-11,18,22H,7-8H2,1-6H3,(H,23,26). The molecule has 26 heavy (non-hydrogen) atoms. The van der Waals surface area contributed by atoms with E-state index in [4.69, 9.17) is 0 Å². The molecule has 0 aliphatic rings. The van der Waals surface area contributed by atoms with Crippen LogP contribution in [0.4, 0.5) is 0 Å². The summed E-state index contributed by atoms with van der Waals surface area (Å²) >= 11 is 0. The topological polar surface area (TPSA) is 62.7 Å². The Morgan fingerprint density at radius 2 is 1.96 bits per heavy atom. The summed E-state index contributed by atoms with van der Waals surface area (Å²) in [6.45, 7) is 13.2. The molecule has 138 valence electrons. The first-order valence-corrected chi connectivity index (χ1v) is 9.31. The Labute approximate surface area is 154 Å². The molecular weight excluding hydrogens is 324 g/mol. The second kappa shape index (κ2) is 6.98. The molecule has 3 aromatic rings. The normalized spacial score (nSPS) is 12.5. The zero-order chi connectivity index (χ0) is 19.0. The van der Waals surface area contributed by atoms with Crippen molar-refractivity contribution in [2.45, 2.75) is 60.5 Å². The van der Waals surface area contributed by atoms with Crippen LogP contribution in [0.25, 0.3) is 10.9 Å². The van der Waals surface area contributed by atoms with Gasteiger partial charge in [-0.25, -0.2) is 0 Å². The van der Waals surface area contributed by atoms with Crippen molar-refractivity contribution in [2.75, 3.05) is 0 Å². The Morgan fingerprint density at radius 3 is 2.58 bits per heavy atom. The molecule has 0 radical (unpaired) electrons. The second-order valence-electron chi connectivity index (χ2n) is 6.94. The van der Waals surface area contributed by atoms with Crippen molar-refractivity contribution in [2.24, 2.45) is 0 Å². The number of carbonyl (C=O) groups excluding carboxylic acids is 1. The number of nitrogens with zero attached hydrogens (tertiary/aromatic N) is 2. The highest BCUT2D eigenvalue weighted by atomic mass is 16.1. The lowest BCUT2D eigenvalue weighted by Gasteiger charge is -2.18. The predicted molar refractivity (Wildman–Crippen MR) is 106 cm³/mol. The summed E-state index contributed by atoms with van der Waals surface area (Å²) in [6.07, 6.45) is 0.821. The van der Waals surface area contributed by atoms with Gasteiger partial charge in [0.2, 0.25) is 0 Å². The molecular formula is C21H28N4O. The van der Waals surface area contributed by atoms with E-state index in [1.54, 1.807) is 0 Å². The monoisotopic (exact) mass is 352 g/mol. The molecule has 3 rings (SSSR count). The van der Waals surface area contributed by atoms with E-state index in [0.29, 0.717) is 5.56 Å². The smallest absolute Gasteiger partial charge is 0.253 e. The van der Waals surface area contributed by atoms with Crippen LogP contribution in [-0.4, -0.2) is 20.7 Å². The number of fused-ring (bicyclic) bond motifs is 1. The second-order valence-corrected chi connectivity index (χ2v) is 6.94. The van der Waals surface area contributed by atoms with Gasteiger partial charge in [-0.3, -0.25) is 9.48 Å². The van der Waals surface area contributed by atoms with Crippen LogP contribution in [0, 0.1) is 27.7 Å². The van der Waals surface area contributed by atoms with Crippen LogP contribution in [0.15, 0.2) is 18.2 Å². The maximum atomic E-state index is 13.1. The predicted octanol–water partition coefficient (Wildman–Crippen LogP) is 4.50. The minimum atomic E-state index is -0.0493. The molecule has 0 aliphatic heterocycles. The van der Waals surface area contributed by atoms with Gasteiger partial charge in [0.25, 0.3) is 5.91 Å². The third-order valence-electron chi connectivity index (χ3n) is 5.39. The lowest BCUT2D eigenvalue weighted by molar-refractivity contribution is 0.0937. The van der Waals surface area contributed by atoms with Gasteiger partial charge in [0, 0.05) is 28.9 Å². The number of hydrogen-bond acceptors (Lipinski definition) is 2. The van der Waals surface area contributed by atoms with Gasteiger partial charge in [0.05, 0.1) is 22.8 Å². The Hall–Kier alpha value is -2.56. The highest BCUT2D eigenvalue weighted by Gasteiger charge is 2.23. The molecule has 0 bridgehead atoms. The highest BCUT2D eigenvalue weighted by molar-refractivity contribution is 6.06. The summed E-state index contributed by atoms with van der Waals surface area (Å²) in [6, 6.07) is 5.84. The number of aryl methyl sites for hydroxylation is 4. The number of nitrogens with one attached hydrogen (secondary N) is 2. The molecule has 2 N–H and O–H groups in total. The first-order chi connectivity index (χ1) is 12.4. The van der Waals surface area contributed by atoms with E-state index >= 15 is 0 Å². The Kier molecular flexibility index (Phi) is 4.90. The van der Waals surface area contributed by atoms with E-state index in [1.165, 1.54) is 5.56 Å². The molecule has 1 unspecified atom stereocenters. The molecule has 1 aromatic carbocycles. The van der Waals surface area contributed by atoms with Gasteiger partial charge in [-0.15, -0.1) is 0 Å². The van der Waals surface area contributed by atoms with Crippen molar-refractivity contribution in [3.8, 4) is 0 Å².